The summed E-state index contributed by atoms with van der Waals surface area (Å²) in [7, 11) is 0. The molecule has 0 atom stereocenters. The Morgan fingerprint density at radius 2 is 2.07 bits per heavy atom. The molecule has 1 aromatic heterocycles. The van der Waals surface area contributed by atoms with Crippen molar-refractivity contribution in [1.82, 2.24) is 25.4 Å². The molecule has 7 nitrogen and oxygen atoms in total. The highest BCUT2D eigenvalue weighted by molar-refractivity contribution is 14.0. The van der Waals surface area contributed by atoms with Crippen LogP contribution in [0.3, 0.4) is 0 Å². The molecular weight excluding hydrogens is 491 g/mol. The molecule has 2 aromatic rings. The molecule has 0 saturated heterocycles. The summed E-state index contributed by atoms with van der Waals surface area (Å²) in [6, 6.07) is 7.76. The van der Waals surface area contributed by atoms with Crippen LogP contribution >= 0.6 is 35.6 Å². The Hall–Kier alpha value is -1.39. The third kappa shape index (κ3) is 9.20. The Kier molecular flexibility index (Phi) is 12.8. The lowest BCUT2D eigenvalue weighted by molar-refractivity contribution is 0.145. The van der Waals surface area contributed by atoms with E-state index in [9.17, 15) is 0 Å². The van der Waals surface area contributed by atoms with E-state index in [1.165, 1.54) is 0 Å². The number of guanidine groups is 1. The van der Waals surface area contributed by atoms with E-state index in [1.54, 1.807) is 6.33 Å². The highest BCUT2D eigenvalue weighted by Crippen LogP contribution is 2.11. The number of aryl methyl sites for hydroxylation is 1. The highest BCUT2D eigenvalue weighted by Gasteiger charge is 2.03. The molecule has 0 radical (unpaired) electrons. The van der Waals surface area contributed by atoms with Crippen molar-refractivity contribution in [3.05, 3.63) is 47.0 Å². The zero-order valence-corrected chi connectivity index (χ0v) is 19.6. The first-order chi connectivity index (χ1) is 13.2. The molecular formula is C19H30ClIN6O. The van der Waals surface area contributed by atoms with Crippen LogP contribution in [0.2, 0.25) is 5.02 Å². The van der Waals surface area contributed by atoms with Gasteiger partial charge in [-0.05, 0) is 31.0 Å². The summed E-state index contributed by atoms with van der Waals surface area (Å²) < 4.78 is 7.43. The maximum Gasteiger partial charge on any atom is 0.191 e. The minimum Gasteiger partial charge on any atom is -0.382 e. The molecule has 1 heterocycles. The van der Waals surface area contributed by atoms with Gasteiger partial charge in [-0.25, -0.2) is 4.99 Å². The molecule has 2 rings (SSSR count). The number of hydrogen-bond acceptors (Lipinski definition) is 4. The molecule has 0 bridgehead atoms. The Morgan fingerprint density at radius 1 is 1.25 bits per heavy atom. The summed E-state index contributed by atoms with van der Waals surface area (Å²) in [5.41, 5.74) is 1.07. The molecule has 28 heavy (non-hydrogen) atoms. The van der Waals surface area contributed by atoms with Gasteiger partial charge in [-0.1, -0.05) is 30.7 Å². The molecule has 0 aliphatic carbocycles. The predicted octanol–water partition coefficient (Wildman–Crippen LogP) is 3.27. The van der Waals surface area contributed by atoms with E-state index in [0.29, 0.717) is 6.54 Å². The first kappa shape index (κ1) is 24.6. The minimum absolute atomic E-state index is 0. The lowest BCUT2D eigenvalue weighted by atomic mass is 10.2. The molecule has 0 aliphatic heterocycles. The number of nitrogens with one attached hydrogen (secondary N) is 2. The van der Waals surface area contributed by atoms with Crippen LogP contribution in [0.15, 0.2) is 35.6 Å². The van der Waals surface area contributed by atoms with Crippen LogP contribution in [0.4, 0.5) is 0 Å². The SMILES string of the molecule is CCOCCCNC(=NCc1cccc(Cl)c1)NCCn1cnnc1CC.I. The molecule has 0 amide bonds. The Labute approximate surface area is 189 Å². The van der Waals surface area contributed by atoms with Crippen LogP contribution in [-0.4, -0.2) is 47.0 Å². The van der Waals surface area contributed by atoms with E-state index in [1.807, 2.05) is 31.2 Å². The Bertz CT molecular complexity index is 709. The molecule has 0 unspecified atom stereocenters. The zero-order valence-electron chi connectivity index (χ0n) is 16.5. The van der Waals surface area contributed by atoms with Gasteiger partial charge in [-0.15, -0.1) is 34.2 Å². The summed E-state index contributed by atoms with van der Waals surface area (Å²) in [6.07, 6.45) is 3.56. The number of aliphatic imine (C=N–C) groups is 1. The number of aromatic nitrogens is 3. The van der Waals surface area contributed by atoms with E-state index >= 15 is 0 Å². The third-order valence-corrected chi connectivity index (χ3v) is 4.16. The number of ether oxygens (including phenoxy) is 1. The Morgan fingerprint density at radius 3 is 2.82 bits per heavy atom. The van der Waals surface area contributed by atoms with E-state index in [4.69, 9.17) is 16.3 Å². The maximum absolute atomic E-state index is 6.05. The van der Waals surface area contributed by atoms with Crippen molar-refractivity contribution in [1.29, 1.82) is 0 Å². The predicted molar refractivity (Wildman–Crippen MR) is 125 cm³/mol. The van der Waals surface area contributed by atoms with Gasteiger partial charge >= 0.3 is 0 Å². The summed E-state index contributed by atoms with van der Waals surface area (Å²) >= 11 is 6.05. The molecule has 0 spiro atoms. The van der Waals surface area contributed by atoms with Crippen molar-refractivity contribution < 1.29 is 4.74 Å². The van der Waals surface area contributed by atoms with Crippen LogP contribution in [0, 0.1) is 0 Å². The fourth-order valence-corrected chi connectivity index (χ4v) is 2.75. The quantitative estimate of drug-likeness (QED) is 0.206. The summed E-state index contributed by atoms with van der Waals surface area (Å²) in [6.45, 7) is 8.44. The fourth-order valence-electron chi connectivity index (χ4n) is 2.54. The monoisotopic (exact) mass is 520 g/mol. The topological polar surface area (TPSA) is 76.4 Å². The zero-order chi connectivity index (χ0) is 19.3. The standard InChI is InChI=1S/C19H29ClN6O.HI/c1-3-18-25-24-15-26(18)11-10-22-19(21-9-6-12-27-4-2)23-14-16-7-5-8-17(20)13-16;/h5,7-8,13,15H,3-4,6,9-12,14H2,1-2H3,(H2,21,22,23);1H. The molecule has 0 fully saturated rings. The van der Waals surface area contributed by atoms with Crippen LogP contribution in [0.25, 0.3) is 0 Å². The summed E-state index contributed by atoms with van der Waals surface area (Å²) in [5, 5.41) is 15.5. The molecule has 0 saturated carbocycles. The number of nitrogens with zero attached hydrogens (tertiary/aromatic N) is 4. The Balaban J connectivity index is 0.00000392. The van der Waals surface area contributed by atoms with Gasteiger partial charge in [-0.2, -0.15) is 0 Å². The van der Waals surface area contributed by atoms with Gasteiger partial charge in [0.05, 0.1) is 6.54 Å². The van der Waals surface area contributed by atoms with Gasteiger partial charge in [0.2, 0.25) is 0 Å². The van der Waals surface area contributed by atoms with Gasteiger partial charge in [0.25, 0.3) is 0 Å². The van der Waals surface area contributed by atoms with Gasteiger partial charge in [0, 0.05) is 44.3 Å². The molecule has 156 valence electrons. The van der Waals surface area contributed by atoms with Crippen LogP contribution < -0.4 is 10.6 Å². The largest absolute Gasteiger partial charge is 0.382 e. The van der Waals surface area contributed by atoms with Gasteiger partial charge < -0.3 is 19.9 Å². The van der Waals surface area contributed by atoms with Gasteiger partial charge in [-0.3, -0.25) is 0 Å². The fraction of sp³-hybridized carbons (Fsp3) is 0.526. The van der Waals surface area contributed by atoms with Crippen molar-refractivity contribution in [2.45, 2.75) is 39.8 Å². The van der Waals surface area contributed by atoms with Crippen LogP contribution in [0.5, 0.6) is 0 Å². The molecule has 9 heteroatoms. The van der Waals surface area contributed by atoms with Crippen molar-refractivity contribution >= 4 is 41.5 Å². The normalized spacial score (nSPS) is 11.2. The van der Waals surface area contributed by atoms with E-state index in [2.05, 4.69) is 37.3 Å². The number of benzene rings is 1. The lowest BCUT2D eigenvalue weighted by Crippen LogP contribution is -2.39. The van der Waals surface area contributed by atoms with E-state index < -0.39 is 0 Å². The second kappa shape index (κ2) is 14.6. The van der Waals surface area contributed by atoms with Gasteiger partial charge in [0.1, 0.15) is 12.2 Å². The van der Waals surface area contributed by atoms with Crippen LogP contribution in [-0.2, 0) is 24.2 Å². The van der Waals surface area contributed by atoms with Crippen molar-refractivity contribution in [3.8, 4) is 0 Å². The average Bonchev–Trinajstić information content (AvgIpc) is 3.13. The summed E-state index contributed by atoms with van der Waals surface area (Å²) in [4.78, 5) is 4.67. The first-order valence-corrected chi connectivity index (χ1v) is 9.81. The number of halogens is 2. The van der Waals surface area contributed by atoms with Crippen molar-refractivity contribution in [2.24, 2.45) is 4.99 Å². The minimum atomic E-state index is 0. The van der Waals surface area contributed by atoms with Crippen molar-refractivity contribution in [2.75, 3.05) is 26.3 Å². The lowest BCUT2D eigenvalue weighted by Gasteiger charge is -2.13. The molecule has 2 N–H and O–H groups in total. The molecule has 1 aromatic carbocycles. The van der Waals surface area contributed by atoms with Gasteiger partial charge in [0.15, 0.2) is 5.96 Å². The number of hydrogen-bond donors (Lipinski definition) is 2. The van der Waals surface area contributed by atoms with E-state index in [-0.39, 0.29) is 24.0 Å². The average molecular weight is 521 g/mol. The summed E-state index contributed by atoms with van der Waals surface area (Å²) in [5.74, 6) is 1.76. The second-order valence-corrected chi connectivity index (χ2v) is 6.43. The smallest absolute Gasteiger partial charge is 0.191 e. The second-order valence-electron chi connectivity index (χ2n) is 5.99. The molecule has 0 aliphatic rings. The van der Waals surface area contributed by atoms with Crippen LogP contribution in [0.1, 0.15) is 31.7 Å². The first-order valence-electron chi connectivity index (χ1n) is 9.44. The van der Waals surface area contributed by atoms with E-state index in [0.717, 1.165) is 68.1 Å². The number of rotatable bonds is 11. The maximum atomic E-state index is 6.05. The third-order valence-electron chi connectivity index (χ3n) is 3.93. The van der Waals surface area contributed by atoms with Crippen molar-refractivity contribution in [3.63, 3.8) is 0 Å². The highest BCUT2D eigenvalue weighted by atomic mass is 127.